The van der Waals surface area contributed by atoms with Crippen LogP contribution in [0.4, 0.5) is 0 Å². The lowest BCUT2D eigenvalue weighted by Gasteiger charge is -2.28. The molecule has 1 aliphatic heterocycles. The van der Waals surface area contributed by atoms with Crippen molar-refractivity contribution in [2.24, 2.45) is 11.8 Å². The molecule has 126 valence electrons. The highest BCUT2D eigenvalue weighted by atomic mass is 16.6. The lowest BCUT2D eigenvalue weighted by atomic mass is 9.73. The fourth-order valence-electron chi connectivity index (χ4n) is 4.91. The summed E-state index contributed by atoms with van der Waals surface area (Å²) in [5.41, 5.74) is 5.28. The van der Waals surface area contributed by atoms with Gasteiger partial charge in [0.2, 0.25) is 0 Å². The maximum Gasteiger partial charge on any atom is 0.306 e. The molecule has 1 saturated heterocycles. The van der Waals surface area contributed by atoms with Gasteiger partial charge in [-0.25, -0.2) is 0 Å². The van der Waals surface area contributed by atoms with E-state index >= 15 is 0 Å². The zero-order chi connectivity index (χ0) is 17.0. The van der Waals surface area contributed by atoms with E-state index in [1.54, 1.807) is 0 Å². The van der Waals surface area contributed by atoms with Crippen molar-refractivity contribution in [3.63, 3.8) is 0 Å². The summed E-state index contributed by atoms with van der Waals surface area (Å²) < 4.78 is 5.27. The van der Waals surface area contributed by atoms with Crippen molar-refractivity contribution in [1.82, 2.24) is 0 Å². The molecule has 0 spiro atoms. The van der Waals surface area contributed by atoms with Gasteiger partial charge in [-0.15, -0.1) is 0 Å². The normalized spacial score (nSPS) is 30.2. The summed E-state index contributed by atoms with van der Waals surface area (Å²) in [6, 6.07) is 16.6. The van der Waals surface area contributed by atoms with Crippen LogP contribution in [0.15, 0.2) is 48.5 Å². The Kier molecular flexibility index (Phi) is 3.30. The number of fused-ring (bicyclic) bond motifs is 6. The first-order valence-electron chi connectivity index (χ1n) is 9.08. The molecule has 3 aliphatic carbocycles. The molecule has 3 nitrogen and oxygen atoms in total. The van der Waals surface area contributed by atoms with Crippen molar-refractivity contribution in [3.05, 3.63) is 70.8 Å². The van der Waals surface area contributed by atoms with Gasteiger partial charge in [0.05, 0.1) is 6.42 Å². The molecule has 0 aromatic heterocycles. The average Bonchev–Trinajstić information content (AvgIpc) is 3.22. The van der Waals surface area contributed by atoms with E-state index in [9.17, 15) is 9.59 Å². The number of carbonyl (C=O) groups excluding carboxylic acids is 2. The minimum absolute atomic E-state index is 0.0375. The average molecular weight is 332 g/mol. The summed E-state index contributed by atoms with van der Waals surface area (Å²) in [5, 5.41) is 0. The minimum atomic E-state index is -0.0375. The van der Waals surface area contributed by atoms with E-state index in [0.717, 1.165) is 19.3 Å². The van der Waals surface area contributed by atoms with Gasteiger partial charge >= 0.3 is 5.97 Å². The molecule has 0 N–H and O–H groups in total. The topological polar surface area (TPSA) is 43.4 Å². The van der Waals surface area contributed by atoms with Gasteiger partial charge in [0.15, 0.2) is 0 Å². The van der Waals surface area contributed by atoms with Crippen LogP contribution >= 0.6 is 0 Å². The zero-order valence-electron chi connectivity index (χ0n) is 14.0. The van der Waals surface area contributed by atoms with Crippen LogP contribution in [0, 0.1) is 11.8 Å². The molecule has 0 radical (unpaired) electrons. The molecule has 2 aromatic rings. The predicted molar refractivity (Wildman–Crippen MR) is 93.1 cm³/mol. The Labute approximate surface area is 147 Å². The minimum Gasteiger partial charge on any atom is -0.457 e. The van der Waals surface area contributed by atoms with E-state index in [-0.39, 0.29) is 18.0 Å². The van der Waals surface area contributed by atoms with E-state index in [2.05, 4.69) is 30.3 Å². The van der Waals surface area contributed by atoms with Gasteiger partial charge in [0.25, 0.3) is 0 Å². The lowest BCUT2D eigenvalue weighted by molar-refractivity contribution is -0.141. The van der Waals surface area contributed by atoms with Crippen LogP contribution in [0.1, 0.15) is 47.1 Å². The van der Waals surface area contributed by atoms with Crippen LogP contribution in [0.25, 0.3) is 0 Å². The van der Waals surface area contributed by atoms with Crippen LogP contribution in [0.3, 0.4) is 0 Å². The Morgan fingerprint density at radius 3 is 2.12 bits per heavy atom. The second-order valence-corrected chi connectivity index (χ2v) is 7.59. The van der Waals surface area contributed by atoms with Crippen LogP contribution < -0.4 is 0 Å². The van der Waals surface area contributed by atoms with Gasteiger partial charge in [-0.05, 0) is 41.0 Å². The Hall–Kier alpha value is -2.42. The first-order chi connectivity index (χ1) is 12.2. The van der Waals surface area contributed by atoms with Gasteiger partial charge in [0, 0.05) is 18.3 Å². The summed E-state index contributed by atoms with van der Waals surface area (Å²) >= 11 is 0. The summed E-state index contributed by atoms with van der Waals surface area (Å²) in [6.45, 7) is 0. The van der Waals surface area contributed by atoms with Crippen molar-refractivity contribution in [2.75, 3.05) is 0 Å². The molecule has 6 rings (SSSR count). The number of ketones is 1. The SMILES string of the molecule is O=C1CC2Cc3ccccc3C12.O=C1CC2Cc3ccccc3C2O1. The molecule has 3 heteroatoms. The molecule has 25 heavy (non-hydrogen) atoms. The van der Waals surface area contributed by atoms with Crippen molar-refractivity contribution in [2.45, 2.75) is 37.7 Å². The smallest absolute Gasteiger partial charge is 0.306 e. The second kappa shape index (κ2) is 5.55. The van der Waals surface area contributed by atoms with Crippen molar-refractivity contribution >= 4 is 11.8 Å². The monoisotopic (exact) mass is 332 g/mol. The van der Waals surface area contributed by atoms with Crippen LogP contribution in [0.2, 0.25) is 0 Å². The third-order valence-corrected chi connectivity index (χ3v) is 6.11. The molecule has 4 unspecified atom stereocenters. The Morgan fingerprint density at radius 1 is 0.720 bits per heavy atom. The molecular weight excluding hydrogens is 312 g/mol. The molecule has 2 fully saturated rings. The van der Waals surface area contributed by atoms with Gasteiger partial charge in [0.1, 0.15) is 11.9 Å². The van der Waals surface area contributed by atoms with E-state index < -0.39 is 0 Å². The number of hydrogen-bond donors (Lipinski definition) is 0. The number of Topliss-reactive ketones (excluding diaryl/α,β-unsaturated/α-hetero) is 1. The number of esters is 1. The fraction of sp³-hybridized carbons (Fsp3) is 0.364. The molecular formula is C22H20O3. The molecule has 1 saturated carbocycles. The number of carbonyl (C=O) groups is 2. The van der Waals surface area contributed by atoms with Crippen molar-refractivity contribution in [3.8, 4) is 0 Å². The summed E-state index contributed by atoms with van der Waals surface area (Å²) in [4.78, 5) is 22.3. The highest BCUT2D eigenvalue weighted by Crippen LogP contribution is 2.48. The quantitative estimate of drug-likeness (QED) is 0.690. The summed E-state index contributed by atoms with van der Waals surface area (Å²) in [6.07, 6.45) is 3.61. The molecule has 1 heterocycles. The largest absolute Gasteiger partial charge is 0.457 e. The molecule has 0 amide bonds. The highest BCUT2D eigenvalue weighted by molar-refractivity contribution is 5.93. The van der Waals surface area contributed by atoms with E-state index in [4.69, 9.17) is 4.74 Å². The third-order valence-electron chi connectivity index (χ3n) is 6.11. The lowest BCUT2D eigenvalue weighted by Crippen LogP contribution is -2.31. The number of hydrogen-bond acceptors (Lipinski definition) is 3. The molecule has 0 bridgehead atoms. The highest BCUT2D eigenvalue weighted by Gasteiger charge is 2.45. The Balaban J connectivity index is 0.000000112. The Bertz CT molecular complexity index is 869. The van der Waals surface area contributed by atoms with Gasteiger partial charge < -0.3 is 4.74 Å². The predicted octanol–water partition coefficient (Wildman–Crippen LogP) is 3.76. The number of benzene rings is 2. The first kappa shape index (κ1) is 14.9. The van der Waals surface area contributed by atoms with Crippen molar-refractivity contribution in [1.29, 1.82) is 0 Å². The molecule has 2 aromatic carbocycles. The van der Waals surface area contributed by atoms with Crippen LogP contribution in [0.5, 0.6) is 0 Å². The van der Waals surface area contributed by atoms with Gasteiger partial charge in [-0.1, -0.05) is 48.5 Å². The van der Waals surface area contributed by atoms with Gasteiger partial charge in [-0.3, -0.25) is 9.59 Å². The fourth-order valence-corrected chi connectivity index (χ4v) is 4.91. The summed E-state index contributed by atoms with van der Waals surface area (Å²) in [7, 11) is 0. The molecule has 4 atom stereocenters. The van der Waals surface area contributed by atoms with Crippen LogP contribution in [-0.4, -0.2) is 11.8 Å². The van der Waals surface area contributed by atoms with Crippen molar-refractivity contribution < 1.29 is 14.3 Å². The van der Waals surface area contributed by atoms with Gasteiger partial charge in [-0.2, -0.15) is 0 Å². The number of ether oxygens (including phenoxy) is 1. The standard InChI is InChI=1S/C11H10O2.C11H10O/c12-10-6-8-5-7-3-1-2-4-9(7)11(8)13-10;12-10-6-8-5-7-3-1-2-4-9(7)11(8)10/h1-4,8,11H,5-6H2;1-4,8,11H,5-6H2. The Morgan fingerprint density at radius 2 is 1.36 bits per heavy atom. The van der Waals surface area contributed by atoms with E-state index in [1.807, 2.05) is 18.2 Å². The summed E-state index contributed by atoms with van der Waals surface area (Å²) in [5.74, 6) is 1.75. The first-order valence-corrected chi connectivity index (χ1v) is 9.08. The maximum atomic E-state index is 11.3. The second-order valence-electron chi connectivity index (χ2n) is 7.59. The number of rotatable bonds is 0. The van der Waals surface area contributed by atoms with E-state index in [0.29, 0.717) is 24.0 Å². The molecule has 4 aliphatic rings. The third kappa shape index (κ3) is 2.33. The maximum absolute atomic E-state index is 11.3. The van der Waals surface area contributed by atoms with E-state index in [1.165, 1.54) is 22.3 Å². The van der Waals surface area contributed by atoms with Crippen LogP contribution in [-0.2, 0) is 27.2 Å². The zero-order valence-corrected chi connectivity index (χ0v) is 14.0.